The molecule has 1 aromatic carbocycles. The van der Waals surface area contributed by atoms with Crippen LogP contribution in [-0.2, 0) is 0 Å². The molecular weight excluding hydrogens is 184 g/mol. The van der Waals surface area contributed by atoms with Crippen molar-refractivity contribution in [2.45, 2.75) is 26.7 Å². The third-order valence-corrected chi connectivity index (χ3v) is 2.43. The van der Waals surface area contributed by atoms with Crippen molar-refractivity contribution in [3.63, 3.8) is 0 Å². The van der Waals surface area contributed by atoms with Gasteiger partial charge in [-0.15, -0.1) is 0 Å². The Balaban J connectivity index is 2.65. The molecule has 0 N–H and O–H groups in total. The summed E-state index contributed by atoms with van der Waals surface area (Å²) >= 11 is 0. The molecule has 80 valence electrons. The van der Waals surface area contributed by atoms with Crippen LogP contribution in [0.25, 0.3) is 0 Å². The van der Waals surface area contributed by atoms with Gasteiger partial charge in [-0.3, -0.25) is 0 Å². The van der Waals surface area contributed by atoms with Crippen LogP contribution in [0.15, 0.2) is 18.2 Å². The van der Waals surface area contributed by atoms with Gasteiger partial charge in [-0.2, -0.15) is 5.26 Å². The number of hydrogen-bond acceptors (Lipinski definition) is 2. The first kappa shape index (κ1) is 11.6. The summed E-state index contributed by atoms with van der Waals surface area (Å²) in [6.45, 7) is 5.16. The molecule has 15 heavy (non-hydrogen) atoms. The second-order valence-electron chi connectivity index (χ2n) is 4.03. The van der Waals surface area contributed by atoms with E-state index in [9.17, 15) is 0 Å². The third-order valence-electron chi connectivity index (χ3n) is 2.43. The average Bonchev–Trinajstić information content (AvgIpc) is 2.16. The van der Waals surface area contributed by atoms with Crippen LogP contribution in [0.4, 0.5) is 5.69 Å². The fraction of sp³-hybridized carbons (Fsp3) is 0.462. The van der Waals surface area contributed by atoms with Gasteiger partial charge in [0, 0.05) is 25.7 Å². The molecule has 0 fully saturated rings. The van der Waals surface area contributed by atoms with E-state index in [1.807, 2.05) is 0 Å². The lowest BCUT2D eigenvalue weighted by atomic mass is 10.1. The van der Waals surface area contributed by atoms with Gasteiger partial charge in [0.25, 0.3) is 0 Å². The van der Waals surface area contributed by atoms with E-state index in [0.29, 0.717) is 6.42 Å². The Morgan fingerprint density at radius 3 is 2.33 bits per heavy atom. The Morgan fingerprint density at radius 2 is 1.80 bits per heavy atom. The summed E-state index contributed by atoms with van der Waals surface area (Å²) in [5, 5.41) is 8.47. The molecule has 0 amide bonds. The molecular formula is C13H18N2. The molecule has 0 aliphatic heterocycles. The molecule has 0 bridgehead atoms. The summed E-state index contributed by atoms with van der Waals surface area (Å²) in [5.74, 6) is 0. The summed E-state index contributed by atoms with van der Waals surface area (Å²) < 4.78 is 0. The Kier molecular flexibility index (Phi) is 4.17. The number of nitriles is 1. The molecule has 0 aromatic heterocycles. The molecule has 2 heteroatoms. The predicted molar refractivity (Wildman–Crippen MR) is 64.0 cm³/mol. The molecule has 1 aromatic rings. The summed E-state index contributed by atoms with van der Waals surface area (Å²) in [4.78, 5) is 2.21. The molecule has 1 rings (SSSR count). The Morgan fingerprint density at radius 1 is 1.20 bits per heavy atom. The van der Waals surface area contributed by atoms with Crippen LogP contribution in [0, 0.1) is 25.2 Å². The van der Waals surface area contributed by atoms with Gasteiger partial charge in [0.1, 0.15) is 0 Å². The zero-order valence-corrected chi connectivity index (χ0v) is 9.75. The van der Waals surface area contributed by atoms with Gasteiger partial charge in [0.15, 0.2) is 0 Å². The van der Waals surface area contributed by atoms with Crippen LogP contribution < -0.4 is 4.90 Å². The maximum atomic E-state index is 8.47. The molecule has 0 radical (unpaired) electrons. The molecule has 2 nitrogen and oxygen atoms in total. The van der Waals surface area contributed by atoms with Gasteiger partial charge >= 0.3 is 0 Å². The van der Waals surface area contributed by atoms with Crippen LogP contribution >= 0.6 is 0 Å². The number of hydrogen-bond donors (Lipinski definition) is 0. The van der Waals surface area contributed by atoms with Gasteiger partial charge in [-0.1, -0.05) is 6.07 Å². The summed E-state index contributed by atoms with van der Waals surface area (Å²) in [5.41, 5.74) is 3.82. The van der Waals surface area contributed by atoms with Gasteiger partial charge in [-0.05, 0) is 43.5 Å². The summed E-state index contributed by atoms with van der Waals surface area (Å²) in [7, 11) is 2.07. The number of unbranched alkanes of at least 4 members (excludes halogenated alkanes) is 1. The van der Waals surface area contributed by atoms with Gasteiger partial charge in [0.2, 0.25) is 0 Å². The molecule has 0 unspecified atom stereocenters. The van der Waals surface area contributed by atoms with E-state index in [-0.39, 0.29) is 0 Å². The number of aryl methyl sites for hydroxylation is 2. The highest BCUT2D eigenvalue weighted by molar-refractivity contribution is 5.50. The van der Waals surface area contributed by atoms with Crippen molar-refractivity contribution in [3.05, 3.63) is 29.3 Å². The maximum absolute atomic E-state index is 8.47. The van der Waals surface area contributed by atoms with E-state index in [1.54, 1.807) is 0 Å². The van der Waals surface area contributed by atoms with E-state index in [2.05, 4.69) is 50.1 Å². The van der Waals surface area contributed by atoms with Crippen molar-refractivity contribution in [2.75, 3.05) is 18.5 Å². The highest BCUT2D eigenvalue weighted by Crippen LogP contribution is 2.17. The normalized spacial score (nSPS) is 9.73. The van der Waals surface area contributed by atoms with Crippen LogP contribution in [0.2, 0.25) is 0 Å². The molecule has 0 saturated carbocycles. The fourth-order valence-electron chi connectivity index (χ4n) is 1.70. The quantitative estimate of drug-likeness (QED) is 0.702. The lowest BCUT2D eigenvalue weighted by Gasteiger charge is -2.19. The summed E-state index contributed by atoms with van der Waals surface area (Å²) in [6, 6.07) is 8.70. The molecule has 0 aliphatic carbocycles. The number of benzene rings is 1. The van der Waals surface area contributed by atoms with E-state index in [0.717, 1.165) is 13.0 Å². The van der Waals surface area contributed by atoms with Gasteiger partial charge < -0.3 is 4.90 Å². The van der Waals surface area contributed by atoms with E-state index >= 15 is 0 Å². The van der Waals surface area contributed by atoms with Crippen LogP contribution in [0.5, 0.6) is 0 Å². The lowest BCUT2D eigenvalue weighted by Crippen LogP contribution is -2.18. The monoisotopic (exact) mass is 202 g/mol. The van der Waals surface area contributed by atoms with Crippen molar-refractivity contribution < 1.29 is 0 Å². The van der Waals surface area contributed by atoms with Crippen molar-refractivity contribution in [1.29, 1.82) is 5.26 Å². The van der Waals surface area contributed by atoms with E-state index < -0.39 is 0 Å². The Labute approximate surface area is 92.1 Å². The number of nitrogens with zero attached hydrogens (tertiary/aromatic N) is 2. The van der Waals surface area contributed by atoms with Crippen molar-refractivity contribution >= 4 is 5.69 Å². The largest absolute Gasteiger partial charge is 0.375 e. The Hall–Kier alpha value is -1.49. The SMILES string of the molecule is Cc1cc(C)cc(N(C)CCCC#N)c1. The smallest absolute Gasteiger partial charge is 0.0622 e. The Bertz CT molecular complexity index is 343. The lowest BCUT2D eigenvalue weighted by molar-refractivity contribution is 0.806. The van der Waals surface area contributed by atoms with Gasteiger partial charge in [0.05, 0.1) is 6.07 Å². The van der Waals surface area contributed by atoms with Crippen LogP contribution in [0.3, 0.4) is 0 Å². The minimum Gasteiger partial charge on any atom is -0.375 e. The zero-order chi connectivity index (χ0) is 11.3. The van der Waals surface area contributed by atoms with Crippen molar-refractivity contribution in [2.24, 2.45) is 0 Å². The number of anilines is 1. The molecule has 0 heterocycles. The first-order valence-electron chi connectivity index (χ1n) is 5.30. The highest BCUT2D eigenvalue weighted by atomic mass is 15.1. The second kappa shape index (κ2) is 5.41. The standard InChI is InChI=1S/C13H18N2/c1-11-8-12(2)10-13(9-11)15(3)7-5-4-6-14/h8-10H,4-5,7H2,1-3H3. The average molecular weight is 202 g/mol. The minimum absolute atomic E-state index is 0.634. The van der Waals surface area contributed by atoms with Crippen LogP contribution in [0.1, 0.15) is 24.0 Å². The third kappa shape index (κ3) is 3.63. The zero-order valence-electron chi connectivity index (χ0n) is 9.75. The fourth-order valence-corrected chi connectivity index (χ4v) is 1.70. The minimum atomic E-state index is 0.634. The topological polar surface area (TPSA) is 27.0 Å². The first-order chi connectivity index (χ1) is 7.13. The second-order valence-corrected chi connectivity index (χ2v) is 4.03. The van der Waals surface area contributed by atoms with E-state index in [4.69, 9.17) is 5.26 Å². The summed E-state index contributed by atoms with van der Waals surface area (Å²) in [6.07, 6.45) is 1.56. The predicted octanol–water partition coefficient (Wildman–Crippen LogP) is 3.04. The molecule has 0 atom stereocenters. The van der Waals surface area contributed by atoms with Gasteiger partial charge in [-0.25, -0.2) is 0 Å². The van der Waals surface area contributed by atoms with Crippen molar-refractivity contribution in [3.8, 4) is 6.07 Å². The molecule has 0 saturated heterocycles. The highest BCUT2D eigenvalue weighted by Gasteiger charge is 2.01. The first-order valence-corrected chi connectivity index (χ1v) is 5.30. The van der Waals surface area contributed by atoms with Crippen molar-refractivity contribution in [1.82, 2.24) is 0 Å². The number of rotatable bonds is 4. The maximum Gasteiger partial charge on any atom is 0.0622 e. The van der Waals surface area contributed by atoms with Crippen LogP contribution in [-0.4, -0.2) is 13.6 Å². The van der Waals surface area contributed by atoms with E-state index in [1.165, 1.54) is 16.8 Å². The molecule has 0 aliphatic rings. The molecule has 0 spiro atoms.